The molecule has 0 spiro atoms. The minimum atomic E-state index is -3.93. The molecule has 0 saturated heterocycles. The van der Waals surface area contributed by atoms with E-state index in [2.05, 4.69) is 0 Å². The third-order valence-electron chi connectivity index (χ3n) is 3.71. The molecule has 0 heterocycles. The fourth-order valence-electron chi connectivity index (χ4n) is 2.24. The molecule has 27 heavy (non-hydrogen) atoms. The molecule has 0 saturated carbocycles. The summed E-state index contributed by atoms with van der Waals surface area (Å²) in [5, 5.41) is 0. The molecule has 0 unspecified atom stereocenters. The zero-order valence-electron chi connectivity index (χ0n) is 15.0. The van der Waals surface area contributed by atoms with Crippen LogP contribution in [-0.2, 0) is 4.57 Å². The molecule has 138 valence electrons. The third kappa shape index (κ3) is 6.70. The van der Waals surface area contributed by atoms with Gasteiger partial charge in [-0.15, -0.1) is 0 Å². The van der Waals surface area contributed by atoms with E-state index in [1.807, 2.05) is 57.2 Å². The van der Waals surface area contributed by atoms with Gasteiger partial charge in [-0.1, -0.05) is 53.1 Å². The normalized spacial score (nSPS) is 10.6. The molecule has 6 heteroatoms. The number of phosphoric ester groups is 1. The van der Waals surface area contributed by atoms with E-state index >= 15 is 0 Å². The van der Waals surface area contributed by atoms with Gasteiger partial charge in [0.05, 0.1) is 0 Å². The summed E-state index contributed by atoms with van der Waals surface area (Å²) in [6.45, 7) is 5.90. The molecule has 3 rings (SSSR count). The summed E-state index contributed by atoms with van der Waals surface area (Å²) in [6, 6.07) is 21.6. The quantitative estimate of drug-likeness (QED) is 0.370. The van der Waals surface area contributed by atoms with Crippen molar-refractivity contribution < 1.29 is 18.1 Å². The molecule has 0 aliphatic heterocycles. The van der Waals surface area contributed by atoms with E-state index in [1.165, 1.54) is 0 Å². The standard InChI is InChI=1S/C21H21O4P.Sr.2H/c1-16-4-10-19(11-5-16)23-26(22,24-20-12-6-17(2)7-13-20)25-21-14-8-18(3)9-15-21;;;/h4-15H,1-3H3;;;. The summed E-state index contributed by atoms with van der Waals surface area (Å²) in [6.07, 6.45) is 0. The Kier molecular flexibility index (Phi) is 8.02. The number of hydrogen-bond donors (Lipinski definition) is 0. The van der Waals surface area contributed by atoms with Crippen molar-refractivity contribution in [3.8, 4) is 17.2 Å². The van der Waals surface area contributed by atoms with Crippen molar-refractivity contribution in [1.82, 2.24) is 0 Å². The van der Waals surface area contributed by atoms with E-state index in [-0.39, 0.29) is 45.5 Å². The SMILES string of the molecule is Cc1ccc(OP(=O)(Oc2ccc(C)cc2)Oc2ccc(C)cc2)cc1.[SrH2]. The van der Waals surface area contributed by atoms with Crippen LogP contribution < -0.4 is 13.6 Å². The molecule has 0 fully saturated rings. The molecule has 3 aromatic rings. The molecular weight excluding hydrogens is 435 g/mol. The van der Waals surface area contributed by atoms with Crippen molar-refractivity contribution in [2.24, 2.45) is 0 Å². The summed E-state index contributed by atoms with van der Waals surface area (Å²) in [5.41, 5.74) is 3.23. The maximum atomic E-state index is 13.3. The molecule has 3 aromatic carbocycles. The Labute approximate surface area is 197 Å². The van der Waals surface area contributed by atoms with Crippen LogP contribution in [0.4, 0.5) is 0 Å². The average Bonchev–Trinajstić information content (AvgIpc) is 2.61. The predicted octanol–water partition coefficient (Wildman–Crippen LogP) is 5.34. The number of hydrogen-bond acceptors (Lipinski definition) is 4. The fourth-order valence-corrected chi connectivity index (χ4v) is 3.49. The zero-order valence-corrected chi connectivity index (χ0v) is 15.9. The van der Waals surface area contributed by atoms with E-state index in [4.69, 9.17) is 13.6 Å². The molecule has 0 N–H and O–H groups in total. The molecule has 0 aliphatic carbocycles. The fraction of sp³-hybridized carbons (Fsp3) is 0.143. The van der Waals surface area contributed by atoms with Gasteiger partial charge in [-0.05, 0) is 57.2 Å². The first-order chi connectivity index (χ1) is 12.4. The number of benzene rings is 3. The van der Waals surface area contributed by atoms with Gasteiger partial charge in [0.1, 0.15) is 17.2 Å². The molecule has 0 aliphatic rings. The summed E-state index contributed by atoms with van der Waals surface area (Å²) in [4.78, 5) is 0. The van der Waals surface area contributed by atoms with Crippen LogP contribution in [0.2, 0.25) is 0 Å². The Hall–Kier alpha value is -1.23. The van der Waals surface area contributed by atoms with Crippen molar-refractivity contribution in [3.05, 3.63) is 89.5 Å². The van der Waals surface area contributed by atoms with Gasteiger partial charge in [-0.25, -0.2) is 0 Å². The first-order valence-corrected chi connectivity index (χ1v) is 9.77. The van der Waals surface area contributed by atoms with Gasteiger partial charge < -0.3 is 13.6 Å². The topological polar surface area (TPSA) is 44.8 Å². The molecule has 0 atom stereocenters. The summed E-state index contributed by atoms with van der Waals surface area (Å²) in [7, 11) is -3.93. The van der Waals surface area contributed by atoms with Crippen LogP contribution in [-0.4, -0.2) is 45.5 Å². The van der Waals surface area contributed by atoms with Crippen LogP contribution in [0.25, 0.3) is 0 Å². The first kappa shape index (κ1) is 22.1. The Morgan fingerprint density at radius 2 is 0.741 bits per heavy atom. The van der Waals surface area contributed by atoms with E-state index in [0.717, 1.165) is 16.7 Å². The van der Waals surface area contributed by atoms with Gasteiger partial charge in [-0.2, -0.15) is 4.57 Å². The van der Waals surface area contributed by atoms with E-state index < -0.39 is 7.82 Å². The third-order valence-corrected chi connectivity index (χ3v) is 5.02. The average molecular weight is 458 g/mol. The van der Waals surface area contributed by atoms with Gasteiger partial charge in [0.2, 0.25) is 0 Å². The second kappa shape index (κ2) is 9.81. The van der Waals surface area contributed by atoms with Crippen molar-refractivity contribution >= 4 is 53.3 Å². The zero-order chi connectivity index (χ0) is 18.6. The van der Waals surface area contributed by atoms with E-state index in [9.17, 15) is 4.57 Å². The van der Waals surface area contributed by atoms with Gasteiger partial charge in [0.15, 0.2) is 0 Å². The van der Waals surface area contributed by atoms with Crippen LogP contribution in [0.3, 0.4) is 0 Å². The van der Waals surface area contributed by atoms with Crippen molar-refractivity contribution in [1.29, 1.82) is 0 Å². The molecule has 0 amide bonds. The van der Waals surface area contributed by atoms with Crippen LogP contribution in [0, 0.1) is 20.8 Å². The molecule has 0 bridgehead atoms. The summed E-state index contributed by atoms with van der Waals surface area (Å²) >= 11 is 0. The first-order valence-electron chi connectivity index (χ1n) is 8.31. The number of aryl methyl sites for hydroxylation is 3. The number of phosphoric acid groups is 1. The van der Waals surface area contributed by atoms with Gasteiger partial charge in [0.25, 0.3) is 0 Å². The van der Waals surface area contributed by atoms with Gasteiger partial charge >= 0.3 is 53.3 Å². The number of rotatable bonds is 6. The van der Waals surface area contributed by atoms with E-state index in [0.29, 0.717) is 17.2 Å². The second-order valence-electron chi connectivity index (χ2n) is 6.16. The second-order valence-corrected chi connectivity index (χ2v) is 7.60. The molecular formula is C21H23O4PSr. The van der Waals surface area contributed by atoms with E-state index in [1.54, 1.807) is 36.4 Å². The van der Waals surface area contributed by atoms with Crippen LogP contribution in [0.5, 0.6) is 17.2 Å². The Morgan fingerprint density at radius 3 is 0.963 bits per heavy atom. The van der Waals surface area contributed by atoms with Crippen molar-refractivity contribution in [3.63, 3.8) is 0 Å². The van der Waals surface area contributed by atoms with Crippen LogP contribution in [0.1, 0.15) is 16.7 Å². The Morgan fingerprint density at radius 1 is 0.519 bits per heavy atom. The van der Waals surface area contributed by atoms with Crippen molar-refractivity contribution in [2.75, 3.05) is 0 Å². The molecule has 0 aromatic heterocycles. The summed E-state index contributed by atoms with van der Waals surface area (Å²) < 4.78 is 30.2. The van der Waals surface area contributed by atoms with Gasteiger partial charge in [-0.3, -0.25) is 0 Å². The molecule has 0 radical (unpaired) electrons. The Balaban J connectivity index is 0.00000261. The molecule has 4 nitrogen and oxygen atoms in total. The maximum absolute atomic E-state index is 13.3. The Bertz CT molecular complexity index is 784. The van der Waals surface area contributed by atoms with Gasteiger partial charge in [0, 0.05) is 0 Å². The van der Waals surface area contributed by atoms with Crippen LogP contribution >= 0.6 is 7.82 Å². The summed E-state index contributed by atoms with van der Waals surface area (Å²) in [5.74, 6) is 1.24. The minimum absolute atomic E-state index is 0. The van der Waals surface area contributed by atoms with Crippen molar-refractivity contribution in [2.45, 2.75) is 20.8 Å². The van der Waals surface area contributed by atoms with Crippen LogP contribution in [0.15, 0.2) is 72.8 Å². The predicted molar refractivity (Wildman–Crippen MR) is 112 cm³/mol. The monoisotopic (exact) mass is 458 g/mol.